The highest BCUT2D eigenvalue weighted by Crippen LogP contribution is 2.37. The van der Waals surface area contributed by atoms with E-state index in [9.17, 15) is 4.79 Å². The smallest absolute Gasteiger partial charge is 0.232 e. The van der Waals surface area contributed by atoms with Gasteiger partial charge in [-0.25, -0.2) is 0 Å². The van der Waals surface area contributed by atoms with Crippen LogP contribution in [0.25, 0.3) is 0 Å². The summed E-state index contributed by atoms with van der Waals surface area (Å²) in [6.07, 6.45) is 0.887. The Morgan fingerprint density at radius 1 is 1.38 bits per heavy atom. The number of carbonyl (C=O) groups excluding carboxylic acids is 1. The first-order valence-electron chi connectivity index (χ1n) is 7.58. The molecule has 0 radical (unpaired) electrons. The van der Waals surface area contributed by atoms with Gasteiger partial charge in [-0.05, 0) is 44.4 Å². The maximum Gasteiger partial charge on any atom is 0.232 e. The molecular weight excluding hydrogens is 264 g/mol. The van der Waals surface area contributed by atoms with Crippen molar-refractivity contribution in [3.8, 4) is 5.75 Å². The number of ether oxygens (including phenoxy) is 1. The zero-order chi connectivity index (χ0) is 15.6. The van der Waals surface area contributed by atoms with E-state index in [4.69, 9.17) is 4.74 Å². The van der Waals surface area contributed by atoms with Gasteiger partial charge in [0.25, 0.3) is 0 Å². The molecule has 1 aliphatic rings. The molecule has 1 saturated heterocycles. The van der Waals surface area contributed by atoms with E-state index in [0.717, 1.165) is 42.1 Å². The molecule has 1 atom stereocenters. The van der Waals surface area contributed by atoms with Crippen LogP contribution in [0.2, 0.25) is 0 Å². The van der Waals surface area contributed by atoms with Gasteiger partial charge in [0.2, 0.25) is 5.91 Å². The fraction of sp³-hybridized carbons (Fsp3) is 0.588. The van der Waals surface area contributed by atoms with Crippen molar-refractivity contribution in [2.45, 2.75) is 34.1 Å². The van der Waals surface area contributed by atoms with Crippen molar-refractivity contribution in [3.63, 3.8) is 0 Å². The zero-order valence-electron chi connectivity index (χ0n) is 13.7. The summed E-state index contributed by atoms with van der Waals surface area (Å²) in [6.45, 7) is 9.88. The molecule has 4 heteroatoms. The Balaban J connectivity index is 2.27. The number of carbonyl (C=O) groups is 1. The van der Waals surface area contributed by atoms with Crippen LogP contribution in [0, 0.1) is 25.2 Å². The second kappa shape index (κ2) is 6.06. The molecule has 0 spiro atoms. The van der Waals surface area contributed by atoms with Crippen LogP contribution in [0.5, 0.6) is 5.75 Å². The molecule has 116 valence electrons. The summed E-state index contributed by atoms with van der Waals surface area (Å²) in [5, 5.41) is 6.44. The van der Waals surface area contributed by atoms with Gasteiger partial charge in [-0.15, -0.1) is 0 Å². The average molecular weight is 290 g/mol. The summed E-state index contributed by atoms with van der Waals surface area (Å²) in [4.78, 5) is 12.8. The molecule has 21 heavy (non-hydrogen) atoms. The van der Waals surface area contributed by atoms with Gasteiger partial charge >= 0.3 is 0 Å². The van der Waals surface area contributed by atoms with E-state index in [0.29, 0.717) is 5.92 Å². The summed E-state index contributed by atoms with van der Waals surface area (Å²) in [7, 11) is 1.66. The maximum absolute atomic E-state index is 12.8. The molecule has 1 aromatic carbocycles. The number of benzene rings is 1. The molecule has 0 bridgehead atoms. The van der Waals surface area contributed by atoms with Gasteiger partial charge in [-0.3, -0.25) is 4.79 Å². The minimum atomic E-state index is -0.315. The molecule has 1 fully saturated rings. The zero-order valence-corrected chi connectivity index (χ0v) is 13.7. The van der Waals surface area contributed by atoms with Crippen molar-refractivity contribution in [1.82, 2.24) is 5.32 Å². The van der Waals surface area contributed by atoms with Crippen molar-refractivity contribution in [2.75, 3.05) is 25.5 Å². The highest BCUT2D eigenvalue weighted by Gasteiger charge is 2.44. The van der Waals surface area contributed by atoms with Crippen LogP contribution in [-0.4, -0.2) is 26.1 Å². The van der Waals surface area contributed by atoms with E-state index in [1.165, 1.54) is 0 Å². The molecule has 2 N–H and O–H groups in total. The van der Waals surface area contributed by atoms with Crippen molar-refractivity contribution in [1.29, 1.82) is 0 Å². The lowest BCUT2D eigenvalue weighted by molar-refractivity contribution is -0.126. The Morgan fingerprint density at radius 3 is 2.62 bits per heavy atom. The number of nitrogens with one attached hydrogen (secondary N) is 2. The lowest BCUT2D eigenvalue weighted by Gasteiger charge is -2.31. The van der Waals surface area contributed by atoms with Crippen molar-refractivity contribution in [3.05, 3.63) is 23.3 Å². The predicted molar refractivity (Wildman–Crippen MR) is 85.9 cm³/mol. The van der Waals surface area contributed by atoms with Crippen LogP contribution in [0.15, 0.2) is 12.1 Å². The number of amides is 1. The van der Waals surface area contributed by atoms with Gasteiger partial charge in [0, 0.05) is 17.8 Å². The first-order chi connectivity index (χ1) is 9.92. The molecule has 2 rings (SSSR count). The lowest BCUT2D eigenvalue weighted by Crippen LogP contribution is -2.42. The fourth-order valence-electron chi connectivity index (χ4n) is 3.18. The molecule has 1 aromatic rings. The summed E-state index contributed by atoms with van der Waals surface area (Å²) in [5.41, 5.74) is 2.59. The van der Waals surface area contributed by atoms with E-state index in [-0.39, 0.29) is 11.3 Å². The molecule has 1 heterocycles. The van der Waals surface area contributed by atoms with Crippen LogP contribution < -0.4 is 15.4 Å². The van der Waals surface area contributed by atoms with E-state index in [1.807, 2.05) is 26.0 Å². The Kier molecular flexibility index (Phi) is 4.57. The quantitative estimate of drug-likeness (QED) is 0.896. The third kappa shape index (κ3) is 2.77. The summed E-state index contributed by atoms with van der Waals surface area (Å²) in [5.74, 6) is 1.26. The molecule has 0 saturated carbocycles. The van der Waals surface area contributed by atoms with Gasteiger partial charge in [0.15, 0.2) is 0 Å². The van der Waals surface area contributed by atoms with E-state index in [1.54, 1.807) is 7.11 Å². The highest BCUT2D eigenvalue weighted by molar-refractivity contribution is 5.97. The molecular formula is C17H26N2O2. The third-order valence-electron chi connectivity index (χ3n) is 4.80. The lowest BCUT2D eigenvalue weighted by atomic mass is 9.75. The highest BCUT2D eigenvalue weighted by atomic mass is 16.5. The molecule has 0 aliphatic carbocycles. The second-order valence-electron chi connectivity index (χ2n) is 6.28. The van der Waals surface area contributed by atoms with Crippen molar-refractivity contribution < 1.29 is 9.53 Å². The van der Waals surface area contributed by atoms with Crippen LogP contribution in [0.4, 0.5) is 5.69 Å². The summed E-state index contributed by atoms with van der Waals surface area (Å²) < 4.78 is 5.43. The summed E-state index contributed by atoms with van der Waals surface area (Å²) in [6, 6.07) is 3.94. The topological polar surface area (TPSA) is 50.4 Å². The van der Waals surface area contributed by atoms with Gasteiger partial charge in [0.1, 0.15) is 5.75 Å². The van der Waals surface area contributed by atoms with Gasteiger partial charge < -0.3 is 15.4 Å². The fourth-order valence-corrected chi connectivity index (χ4v) is 3.18. The minimum Gasteiger partial charge on any atom is -0.496 e. The number of rotatable bonds is 4. The Bertz CT molecular complexity index is 532. The normalized spacial score (nSPS) is 21.6. The van der Waals surface area contributed by atoms with Gasteiger partial charge in [0.05, 0.1) is 12.5 Å². The van der Waals surface area contributed by atoms with Gasteiger partial charge in [-0.1, -0.05) is 19.9 Å². The van der Waals surface area contributed by atoms with Crippen LogP contribution in [0.1, 0.15) is 31.4 Å². The Hall–Kier alpha value is -1.55. The maximum atomic E-state index is 12.8. The minimum absolute atomic E-state index is 0.108. The third-order valence-corrected chi connectivity index (χ3v) is 4.80. The largest absolute Gasteiger partial charge is 0.496 e. The Labute approximate surface area is 127 Å². The predicted octanol–water partition coefficient (Wildman–Crippen LogP) is 2.89. The SMILES string of the molecule is COc1c(C)ccc(NC(=O)C2(C(C)C)CCNC2)c1C. The van der Waals surface area contributed by atoms with Crippen LogP contribution in [-0.2, 0) is 4.79 Å². The van der Waals surface area contributed by atoms with E-state index >= 15 is 0 Å². The van der Waals surface area contributed by atoms with Gasteiger partial charge in [-0.2, -0.15) is 0 Å². The number of methoxy groups -OCH3 is 1. The molecule has 1 unspecified atom stereocenters. The molecule has 1 amide bonds. The Morgan fingerprint density at radius 2 is 2.10 bits per heavy atom. The molecule has 1 aliphatic heterocycles. The standard InChI is InChI=1S/C17H26N2O2/c1-11(2)17(8-9-18-10-17)16(20)19-14-7-6-12(3)15(21-5)13(14)4/h6-7,11,18H,8-10H2,1-5H3,(H,19,20). The first kappa shape index (κ1) is 15.8. The molecule has 0 aromatic heterocycles. The van der Waals surface area contributed by atoms with E-state index < -0.39 is 0 Å². The summed E-state index contributed by atoms with van der Waals surface area (Å²) >= 11 is 0. The second-order valence-corrected chi connectivity index (χ2v) is 6.28. The van der Waals surface area contributed by atoms with E-state index in [2.05, 4.69) is 24.5 Å². The average Bonchev–Trinajstić information content (AvgIpc) is 2.93. The van der Waals surface area contributed by atoms with Crippen LogP contribution in [0.3, 0.4) is 0 Å². The number of anilines is 1. The van der Waals surface area contributed by atoms with Crippen molar-refractivity contribution >= 4 is 11.6 Å². The molecule has 4 nitrogen and oxygen atoms in total. The van der Waals surface area contributed by atoms with Crippen LogP contribution >= 0.6 is 0 Å². The number of hydrogen-bond donors (Lipinski definition) is 2. The number of aryl methyl sites for hydroxylation is 1. The monoisotopic (exact) mass is 290 g/mol. The number of hydrogen-bond acceptors (Lipinski definition) is 3. The van der Waals surface area contributed by atoms with Crippen molar-refractivity contribution in [2.24, 2.45) is 11.3 Å². The first-order valence-corrected chi connectivity index (χ1v) is 7.58.